The highest BCUT2D eigenvalue weighted by molar-refractivity contribution is 9.10. The number of aromatic nitrogens is 1. The molecule has 0 atom stereocenters. The average molecular weight is 397 g/mol. The lowest BCUT2D eigenvalue weighted by atomic mass is 10.3. The molecule has 2 rings (SSSR count). The molecule has 2 N–H and O–H groups in total. The van der Waals surface area contributed by atoms with Crippen LogP contribution in [0.3, 0.4) is 0 Å². The molecular formula is C16H21BrN4OS. The zero-order chi connectivity index (χ0) is 16.5. The van der Waals surface area contributed by atoms with E-state index in [2.05, 4.69) is 43.5 Å². The van der Waals surface area contributed by atoms with Crippen LogP contribution >= 0.6 is 27.3 Å². The normalized spacial score (nSPS) is 11.3. The van der Waals surface area contributed by atoms with Crippen molar-refractivity contribution in [3.8, 4) is 5.75 Å². The Morgan fingerprint density at radius 1 is 1.30 bits per heavy atom. The summed E-state index contributed by atoms with van der Waals surface area (Å²) in [5, 5.41) is 7.54. The summed E-state index contributed by atoms with van der Waals surface area (Å²) in [6, 6.07) is 7.79. The number of rotatable bonds is 7. The van der Waals surface area contributed by atoms with Crippen LogP contribution in [0.25, 0.3) is 0 Å². The largest absolute Gasteiger partial charge is 0.492 e. The molecule has 0 saturated heterocycles. The van der Waals surface area contributed by atoms with Crippen LogP contribution in [0.2, 0.25) is 0 Å². The zero-order valence-electron chi connectivity index (χ0n) is 13.3. The summed E-state index contributed by atoms with van der Waals surface area (Å²) >= 11 is 5.13. The van der Waals surface area contributed by atoms with Crippen LogP contribution in [0.1, 0.15) is 16.8 Å². The Balaban J connectivity index is 1.67. The summed E-state index contributed by atoms with van der Waals surface area (Å²) in [6.45, 7) is 4.06. The van der Waals surface area contributed by atoms with Gasteiger partial charge in [0, 0.05) is 22.6 Å². The van der Waals surface area contributed by atoms with Crippen molar-refractivity contribution in [1.29, 1.82) is 0 Å². The second-order valence-electron chi connectivity index (χ2n) is 4.73. The number of aryl methyl sites for hydroxylation is 1. The quantitative estimate of drug-likeness (QED) is 0.428. The van der Waals surface area contributed by atoms with Crippen LogP contribution in [0.15, 0.2) is 39.9 Å². The molecule has 0 unspecified atom stereocenters. The molecule has 1 heterocycles. The summed E-state index contributed by atoms with van der Waals surface area (Å²) in [5.74, 6) is 1.60. The summed E-state index contributed by atoms with van der Waals surface area (Å²) in [5.41, 5.74) is 0. The van der Waals surface area contributed by atoms with Crippen LogP contribution in [0.4, 0.5) is 0 Å². The summed E-state index contributed by atoms with van der Waals surface area (Å²) in [4.78, 5) is 9.88. The van der Waals surface area contributed by atoms with Crippen LogP contribution < -0.4 is 15.4 Å². The van der Waals surface area contributed by atoms with Gasteiger partial charge in [0.2, 0.25) is 0 Å². The van der Waals surface area contributed by atoms with E-state index in [4.69, 9.17) is 4.74 Å². The Labute approximate surface area is 149 Å². The summed E-state index contributed by atoms with van der Waals surface area (Å²) < 4.78 is 6.70. The smallest absolute Gasteiger partial charge is 0.191 e. The number of benzene rings is 1. The lowest BCUT2D eigenvalue weighted by Gasteiger charge is -2.11. The molecule has 0 aliphatic carbocycles. The average Bonchev–Trinajstić information content (AvgIpc) is 3.04. The van der Waals surface area contributed by atoms with E-state index in [0.717, 1.165) is 27.6 Å². The number of hydrogen-bond donors (Lipinski definition) is 2. The maximum Gasteiger partial charge on any atom is 0.191 e. The molecule has 0 aliphatic rings. The Morgan fingerprint density at radius 3 is 2.74 bits per heavy atom. The van der Waals surface area contributed by atoms with Crippen LogP contribution in [0, 0.1) is 0 Å². The molecule has 0 spiro atoms. The second-order valence-corrected chi connectivity index (χ2v) is 6.84. The lowest BCUT2D eigenvalue weighted by Crippen LogP contribution is -2.38. The Kier molecular flexibility index (Phi) is 7.35. The van der Waals surface area contributed by atoms with Crippen molar-refractivity contribution in [2.24, 2.45) is 4.99 Å². The van der Waals surface area contributed by atoms with Crippen molar-refractivity contribution in [3.05, 3.63) is 44.8 Å². The number of halogens is 1. The van der Waals surface area contributed by atoms with Gasteiger partial charge in [0.1, 0.15) is 17.4 Å². The predicted molar refractivity (Wildman–Crippen MR) is 99.3 cm³/mol. The van der Waals surface area contributed by atoms with Gasteiger partial charge in [0.15, 0.2) is 5.96 Å². The first-order valence-corrected chi connectivity index (χ1v) is 9.08. The van der Waals surface area contributed by atoms with E-state index in [1.807, 2.05) is 30.5 Å². The van der Waals surface area contributed by atoms with Crippen LogP contribution in [-0.4, -0.2) is 31.1 Å². The first kappa shape index (κ1) is 17.7. The topological polar surface area (TPSA) is 58.5 Å². The molecule has 0 amide bonds. The number of guanidine groups is 1. The summed E-state index contributed by atoms with van der Waals surface area (Å²) in [7, 11) is 1.75. The van der Waals surface area contributed by atoms with Gasteiger partial charge < -0.3 is 15.4 Å². The third-order valence-corrected chi connectivity index (χ3v) is 4.73. The number of nitrogens with zero attached hydrogens (tertiary/aromatic N) is 2. The highest BCUT2D eigenvalue weighted by atomic mass is 79.9. The van der Waals surface area contributed by atoms with Crippen molar-refractivity contribution < 1.29 is 4.74 Å². The van der Waals surface area contributed by atoms with E-state index in [-0.39, 0.29) is 0 Å². The Hall–Kier alpha value is -1.60. The molecule has 7 heteroatoms. The molecule has 1 aromatic carbocycles. The summed E-state index contributed by atoms with van der Waals surface area (Å²) in [6.07, 6.45) is 2.96. The van der Waals surface area contributed by atoms with E-state index in [9.17, 15) is 0 Å². The maximum absolute atomic E-state index is 5.66. The van der Waals surface area contributed by atoms with E-state index in [1.165, 1.54) is 4.88 Å². The monoisotopic (exact) mass is 396 g/mol. The van der Waals surface area contributed by atoms with Gasteiger partial charge in [-0.25, -0.2) is 4.98 Å². The highest BCUT2D eigenvalue weighted by Gasteiger charge is 2.02. The molecule has 1 aromatic heterocycles. The molecule has 2 aromatic rings. The molecule has 5 nitrogen and oxygen atoms in total. The van der Waals surface area contributed by atoms with E-state index < -0.39 is 0 Å². The predicted octanol–water partition coefficient (Wildman–Crippen LogP) is 3.21. The van der Waals surface area contributed by atoms with Crippen molar-refractivity contribution >= 4 is 33.2 Å². The van der Waals surface area contributed by atoms with E-state index in [0.29, 0.717) is 19.7 Å². The Bertz CT molecular complexity index is 627. The highest BCUT2D eigenvalue weighted by Crippen LogP contribution is 2.15. The van der Waals surface area contributed by atoms with Crippen LogP contribution in [0.5, 0.6) is 5.75 Å². The van der Waals surface area contributed by atoms with Gasteiger partial charge in [-0.3, -0.25) is 4.99 Å². The van der Waals surface area contributed by atoms with Gasteiger partial charge in [-0.2, -0.15) is 0 Å². The van der Waals surface area contributed by atoms with Gasteiger partial charge in [-0.1, -0.05) is 22.9 Å². The fraction of sp³-hybridized carbons (Fsp3) is 0.375. The third kappa shape index (κ3) is 6.19. The molecular weight excluding hydrogens is 376 g/mol. The van der Waals surface area contributed by atoms with E-state index >= 15 is 0 Å². The third-order valence-electron chi connectivity index (χ3n) is 3.06. The maximum atomic E-state index is 5.66. The number of thiazole rings is 1. The van der Waals surface area contributed by atoms with Gasteiger partial charge >= 0.3 is 0 Å². The lowest BCUT2D eigenvalue weighted by molar-refractivity contribution is 0.322. The van der Waals surface area contributed by atoms with Gasteiger partial charge in [0.25, 0.3) is 0 Å². The molecule has 0 aliphatic heterocycles. The Morgan fingerprint density at radius 2 is 2.09 bits per heavy atom. The standard InChI is InChI=1S/C16H21BrN4OS/c1-3-14-10-20-15(23-14)11-21-16(18-2)19-8-9-22-13-6-4-12(17)5-7-13/h4-7,10H,3,8-9,11H2,1-2H3,(H2,18,19,21). The first-order chi connectivity index (χ1) is 11.2. The van der Waals surface area contributed by atoms with Crippen molar-refractivity contribution in [3.63, 3.8) is 0 Å². The number of hydrogen-bond acceptors (Lipinski definition) is 4. The van der Waals surface area contributed by atoms with Crippen LogP contribution in [-0.2, 0) is 13.0 Å². The van der Waals surface area contributed by atoms with Crippen molar-refractivity contribution in [2.45, 2.75) is 19.9 Å². The number of aliphatic imine (C=N–C) groups is 1. The number of nitrogens with one attached hydrogen (secondary N) is 2. The fourth-order valence-electron chi connectivity index (χ4n) is 1.84. The van der Waals surface area contributed by atoms with Crippen molar-refractivity contribution in [1.82, 2.24) is 15.6 Å². The fourth-order valence-corrected chi connectivity index (χ4v) is 2.91. The first-order valence-electron chi connectivity index (χ1n) is 7.47. The zero-order valence-corrected chi connectivity index (χ0v) is 15.7. The molecule has 124 valence electrons. The molecule has 0 bridgehead atoms. The SMILES string of the molecule is CCc1cnc(CNC(=NC)NCCOc2ccc(Br)cc2)s1. The van der Waals surface area contributed by atoms with Crippen molar-refractivity contribution in [2.75, 3.05) is 20.2 Å². The van der Waals surface area contributed by atoms with Gasteiger partial charge in [-0.15, -0.1) is 11.3 Å². The van der Waals surface area contributed by atoms with E-state index in [1.54, 1.807) is 18.4 Å². The minimum atomic E-state index is 0.569. The molecule has 0 saturated carbocycles. The minimum Gasteiger partial charge on any atom is -0.492 e. The number of ether oxygens (including phenoxy) is 1. The minimum absolute atomic E-state index is 0.569. The van der Waals surface area contributed by atoms with Gasteiger partial charge in [0.05, 0.1) is 13.1 Å². The second kappa shape index (κ2) is 9.52. The molecule has 0 fully saturated rings. The molecule has 23 heavy (non-hydrogen) atoms. The van der Waals surface area contributed by atoms with Gasteiger partial charge in [-0.05, 0) is 30.7 Å². The molecule has 0 radical (unpaired) electrons.